The summed E-state index contributed by atoms with van der Waals surface area (Å²) in [5.41, 5.74) is 2.21. The van der Waals surface area contributed by atoms with Crippen LogP contribution in [0.25, 0.3) is 0 Å². The Kier molecular flexibility index (Phi) is 8.46. The van der Waals surface area contributed by atoms with Crippen molar-refractivity contribution in [3.63, 3.8) is 0 Å². The van der Waals surface area contributed by atoms with Gasteiger partial charge >= 0.3 is 0 Å². The lowest BCUT2D eigenvalue weighted by Gasteiger charge is -2.20. The number of rotatable bonds is 9. The van der Waals surface area contributed by atoms with Crippen LogP contribution in [-0.4, -0.2) is 33.3 Å². The van der Waals surface area contributed by atoms with Crippen molar-refractivity contribution in [3.8, 4) is 17.2 Å². The molecule has 0 aromatic heterocycles. The van der Waals surface area contributed by atoms with Gasteiger partial charge in [0.25, 0.3) is 0 Å². The van der Waals surface area contributed by atoms with Gasteiger partial charge in [0.2, 0.25) is 0 Å². The maximum atomic E-state index is 5.73. The van der Waals surface area contributed by atoms with Crippen LogP contribution in [0.1, 0.15) is 37.9 Å². The molecular formula is C22H31N3O3. The van der Waals surface area contributed by atoms with Gasteiger partial charge in [0.05, 0.1) is 26.4 Å². The third-order valence-corrected chi connectivity index (χ3v) is 4.24. The number of nitrogens with one attached hydrogen (secondary N) is 2. The molecule has 2 N–H and O–H groups in total. The van der Waals surface area contributed by atoms with E-state index >= 15 is 0 Å². The molecule has 1 unspecified atom stereocenters. The molecule has 0 aliphatic rings. The van der Waals surface area contributed by atoms with E-state index in [2.05, 4.69) is 22.5 Å². The molecule has 6 nitrogen and oxygen atoms in total. The van der Waals surface area contributed by atoms with E-state index in [4.69, 9.17) is 14.2 Å². The smallest absolute Gasteiger partial charge is 0.191 e. The molecule has 0 aliphatic carbocycles. The fourth-order valence-electron chi connectivity index (χ4n) is 2.79. The van der Waals surface area contributed by atoms with Gasteiger partial charge in [-0.25, -0.2) is 0 Å². The molecule has 152 valence electrons. The Hall–Kier alpha value is -2.89. The highest BCUT2D eigenvalue weighted by Gasteiger charge is 2.12. The van der Waals surface area contributed by atoms with E-state index in [1.54, 1.807) is 14.2 Å². The maximum absolute atomic E-state index is 5.73. The molecule has 0 saturated carbocycles. The van der Waals surface area contributed by atoms with Gasteiger partial charge in [0, 0.05) is 13.6 Å². The molecule has 0 bridgehead atoms. The first-order chi connectivity index (χ1) is 13.6. The summed E-state index contributed by atoms with van der Waals surface area (Å²) in [7, 11) is 3.43. The van der Waals surface area contributed by atoms with Crippen LogP contribution in [0.3, 0.4) is 0 Å². The molecule has 0 aliphatic heterocycles. The van der Waals surface area contributed by atoms with Crippen molar-refractivity contribution in [1.82, 2.24) is 10.6 Å². The molecule has 1 atom stereocenters. The summed E-state index contributed by atoms with van der Waals surface area (Å²) in [6.45, 7) is 7.87. The van der Waals surface area contributed by atoms with Crippen LogP contribution in [0.15, 0.2) is 47.5 Å². The highest BCUT2D eigenvalue weighted by atomic mass is 16.5. The lowest BCUT2D eigenvalue weighted by molar-refractivity contribution is 0.287. The van der Waals surface area contributed by atoms with Gasteiger partial charge < -0.3 is 24.8 Å². The average molecular weight is 386 g/mol. The van der Waals surface area contributed by atoms with Crippen LogP contribution in [0.4, 0.5) is 0 Å². The van der Waals surface area contributed by atoms with Crippen LogP contribution in [0.5, 0.6) is 17.2 Å². The van der Waals surface area contributed by atoms with E-state index in [0.29, 0.717) is 19.8 Å². The van der Waals surface area contributed by atoms with Crippen LogP contribution in [0, 0.1) is 0 Å². The van der Waals surface area contributed by atoms with Crippen molar-refractivity contribution >= 4 is 5.96 Å². The van der Waals surface area contributed by atoms with Gasteiger partial charge in [0.15, 0.2) is 17.5 Å². The molecule has 0 fully saturated rings. The molecule has 0 spiro atoms. The average Bonchev–Trinajstić information content (AvgIpc) is 2.72. The van der Waals surface area contributed by atoms with Gasteiger partial charge in [-0.05, 0) is 56.2 Å². The SMILES string of the molecule is CCOc1ccc(C(C)NC(=NC)NCc2cccc(OC)c2)cc1OCC. The number of hydrogen-bond donors (Lipinski definition) is 2. The van der Waals surface area contributed by atoms with Gasteiger partial charge in [-0.3, -0.25) is 4.99 Å². The molecule has 6 heteroatoms. The zero-order chi connectivity index (χ0) is 20.4. The molecular weight excluding hydrogens is 354 g/mol. The van der Waals surface area contributed by atoms with Gasteiger partial charge in [0.1, 0.15) is 5.75 Å². The normalized spacial score (nSPS) is 12.2. The Morgan fingerprint density at radius 2 is 1.79 bits per heavy atom. The first kappa shape index (κ1) is 21.4. The minimum Gasteiger partial charge on any atom is -0.497 e. The summed E-state index contributed by atoms with van der Waals surface area (Å²) in [6, 6.07) is 14.0. The molecule has 0 heterocycles. The van der Waals surface area contributed by atoms with Crippen molar-refractivity contribution in [2.45, 2.75) is 33.4 Å². The number of methoxy groups -OCH3 is 1. The van der Waals surface area contributed by atoms with E-state index < -0.39 is 0 Å². The van der Waals surface area contributed by atoms with Gasteiger partial charge in [-0.15, -0.1) is 0 Å². The minimum absolute atomic E-state index is 0.0476. The van der Waals surface area contributed by atoms with Crippen LogP contribution >= 0.6 is 0 Å². The zero-order valence-corrected chi connectivity index (χ0v) is 17.4. The predicted molar refractivity (Wildman–Crippen MR) is 114 cm³/mol. The third-order valence-electron chi connectivity index (χ3n) is 4.24. The van der Waals surface area contributed by atoms with Gasteiger partial charge in [-0.2, -0.15) is 0 Å². The van der Waals surface area contributed by atoms with Crippen molar-refractivity contribution in [2.75, 3.05) is 27.4 Å². The fourth-order valence-corrected chi connectivity index (χ4v) is 2.79. The zero-order valence-electron chi connectivity index (χ0n) is 17.4. The Labute approximate surface area is 167 Å². The van der Waals surface area contributed by atoms with Crippen molar-refractivity contribution in [3.05, 3.63) is 53.6 Å². The first-order valence-electron chi connectivity index (χ1n) is 9.60. The standard InChI is InChI=1S/C22H31N3O3/c1-6-27-20-12-11-18(14-21(20)28-7-2)16(3)25-22(23-4)24-15-17-9-8-10-19(13-17)26-5/h8-14,16H,6-7,15H2,1-5H3,(H2,23,24,25). The van der Waals surface area contributed by atoms with Crippen molar-refractivity contribution in [2.24, 2.45) is 4.99 Å². The van der Waals surface area contributed by atoms with Crippen LogP contribution < -0.4 is 24.8 Å². The van der Waals surface area contributed by atoms with E-state index in [0.717, 1.165) is 34.3 Å². The van der Waals surface area contributed by atoms with E-state index in [9.17, 15) is 0 Å². The van der Waals surface area contributed by atoms with E-state index in [-0.39, 0.29) is 6.04 Å². The number of aliphatic imine (C=N–C) groups is 1. The molecule has 2 rings (SSSR count). The second-order valence-electron chi connectivity index (χ2n) is 6.22. The number of hydrogen-bond acceptors (Lipinski definition) is 4. The summed E-state index contributed by atoms with van der Waals surface area (Å²) >= 11 is 0. The molecule has 28 heavy (non-hydrogen) atoms. The first-order valence-corrected chi connectivity index (χ1v) is 9.60. The lowest BCUT2D eigenvalue weighted by atomic mass is 10.1. The van der Waals surface area contributed by atoms with E-state index in [1.807, 2.05) is 56.3 Å². The summed E-state index contributed by atoms with van der Waals surface area (Å²) in [5.74, 6) is 3.09. The number of guanidine groups is 1. The second-order valence-corrected chi connectivity index (χ2v) is 6.22. The van der Waals surface area contributed by atoms with Gasteiger partial charge in [-0.1, -0.05) is 18.2 Å². The Morgan fingerprint density at radius 1 is 1.04 bits per heavy atom. The summed E-state index contributed by atoms with van der Waals surface area (Å²) in [4.78, 5) is 4.32. The Balaban J connectivity index is 2.02. The second kappa shape index (κ2) is 11.1. The number of ether oxygens (including phenoxy) is 3. The Morgan fingerprint density at radius 3 is 2.46 bits per heavy atom. The highest BCUT2D eigenvalue weighted by molar-refractivity contribution is 5.80. The predicted octanol–water partition coefficient (Wildman–Crippen LogP) is 3.92. The highest BCUT2D eigenvalue weighted by Crippen LogP contribution is 2.30. The summed E-state index contributed by atoms with van der Waals surface area (Å²) in [5, 5.41) is 6.75. The number of benzene rings is 2. The molecule has 0 saturated heterocycles. The summed E-state index contributed by atoms with van der Waals surface area (Å²) < 4.78 is 16.6. The largest absolute Gasteiger partial charge is 0.497 e. The summed E-state index contributed by atoms with van der Waals surface area (Å²) in [6.07, 6.45) is 0. The third kappa shape index (κ3) is 6.08. The molecule has 2 aromatic carbocycles. The van der Waals surface area contributed by atoms with Crippen molar-refractivity contribution in [1.29, 1.82) is 0 Å². The molecule has 0 amide bonds. The van der Waals surface area contributed by atoms with Crippen molar-refractivity contribution < 1.29 is 14.2 Å². The van der Waals surface area contributed by atoms with E-state index in [1.165, 1.54) is 0 Å². The topological polar surface area (TPSA) is 64.1 Å². The van der Waals surface area contributed by atoms with Crippen LogP contribution in [0.2, 0.25) is 0 Å². The lowest BCUT2D eigenvalue weighted by Crippen LogP contribution is -2.38. The molecule has 2 aromatic rings. The Bertz CT molecular complexity index is 777. The fraction of sp³-hybridized carbons (Fsp3) is 0.409. The minimum atomic E-state index is 0.0476. The maximum Gasteiger partial charge on any atom is 0.191 e. The quantitative estimate of drug-likeness (QED) is 0.506. The van der Waals surface area contributed by atoms with Crippen LogP contribution in [-0.2, 0) is 6.54 Å². The number of nitrogens with zero attached hydrogens (tertiary/aromatic N) is 1. The monoisotopic (exact) mass is 385 g/mol. The molecule has 0 radical (unpaired) electrons.